The number of nitro groups is 1. The van der Waals surface area contributed by atoms with E-state index in [9.17, 15) is 19.3 Å². The van der Waals surface area contributed by atoms with Crippen LogP contribution in [-0.4, -0.2) is 17.9 Å². The minimum absolute atomic E-state index is 0.101. The average molecular weight is 308 g/mol. The van der Waals surface area contributed by atoms with E-state index >= 15 is 0 Å². The smallest absolute Gasteiger partial charge is 0.433 e. The molecule has 116 valence electrons. The topological polar surface area (TPSA) is 94.6 Å². The van der Waals surface area contributed by atoms with Crippen LogP contribution in [-0.2, 0) is 0 Å². The number of nitrogens with one attached hydrogen (secondary N) is 1. The third-order valence-electron chi connectivity index (χ3n) is 3.02. The summed E-state index contributed by atoms with van der Waals surface area (Å²) in [5, 5.41) is 13.1. The molecule has 1 amide bonds. The average Bonchev–Trinajstić information content (AvgIpc) is 2.97. The highest BCUT2D eigenvalue weighted by Crippen LogP contribution is 2.22. The standard InChI is InChI=1S/C14H13FN2O5/c1-8(9-3-4-11(21-2)10(15)7-9)16-14(18)12-5-6-13(22-12)17(19)20/h3-8H,1-2H3,(H,16,18)/t8-/m1/s1. The van der Waals surface area contributed by atoms with Gasteiger partial charge in [0.1, 0.15) is 4.92 Å². The van der Waals surface area contributed by atoms with Crippen LogP contribution in [0.2, 0.25) is 0 Å². The summed E-state index contributed by atoms with van der Waals surface area (Å²) >= 11 is 0. The summed E-state index contributed by atoms with van der Waals surface area (Å²) in [5.41, 5.74) is 0.521. The van der Waals surface area contributed by atoms with Crippen LogP contribution in [0.5, 0.6) is 5.75 Å². The Kier molecular flexibility index (Phi) is 4.40. The molecule has 1 N–H and O–H groups in total. The van der Waals surface area contributed by atoms with E-state index in [0.29, 0.717) is 5.56 Å². The molecule has 7 nitrogen and oxygen atoms in total. The van der Waals surface area contributed by atoms with Gasteiger partial charge in [0.2, 0.25) is 0 Å². The fourth-order valence-corrected chi connectivity index (χ4v) is 1.85. The van der Waals surface area contributed by atoms with Crippen LogP contribution < -0.4 is 10.1 Å². The Balaban J connectivity index is 2.10. The minimum Gasteiger partial charge on any atom is -0.494 e. The van der Waals surface area contributed by atoms with E-state index in [-0.39, 0.29) is 11.5 Å². The number of hydrogen-bond acceptors (Lipinski definition) is 5. The monoisotopic (exact) mass is 308 g/mol. The lowest BCUT2D eigenvalue weighted by atomic mass is 10.1. The van der Waals surface area contributed by atoms with Crippen LogP contribution in [0.4, 0.5) is 10.3 Å². The molecule has 22 heavy (non-hydrogen) atoms. The van der Waals surface area contributed by atoms with Gasteiger partial charge in [-0.3, -0.25) is 14.9 Å². The lowest BCUT2D eigenvalue weighted by molar-refractivity contribution is -0.402. The van der Waals surface area contributed by atoms with Gasteiger partial charge in [-0.25, -0.2) is 4.39 Å². The van der Waals surface area contributed by atoms with Crippen molar-refractivity contribution in [2.24, 2.45) is 0 Å². The predicted molar refractivity (Wildman–Crippen MR) is 74.2 cm³/mol. The van der Waals surface area contributed by atoms with Crippen LogP contribution in [0.3, 0.4) is 0 Å². The Bertz CT molecular complexity index is 713. The first-order valence-electron chi connectivity index (χ1n) is 6.31. The van der Waals surface area contributed by atoms with E-state index in [1.54, 1.807) is 13.0 Å². The second-order valence-corrected chi connectivity index (χ2v) is 4.48. The first-order chi connectivity index (χ1) is 10.4. The van der Waals surface area contributed by atoms with Crippen LogP contribution in [0.1, 0.15) is 29.1 Å². The van der Waals surface area contributed by atoms with E-state index in [1.807, 2.05) is 0 Å². The van der Waals surface area contributed by atoms with Gasteiger partial charge >= 0.3 is 5.88 Å². The van der Waals surface area contributed by atoms with Crippen molar-refractivity contribution < 1.29 is 23.3 Å². The van der Waals surface area contributed by atoms with E-state index < -0.39 is 28.6 Å². The van der Waals surface area contributed by atoms with Crippen molar-refractivity contribution in [3.05, 3.63) is 57.6 Å². The Morgan fingerprint density at radius 1 is 1.41 bits per heavy atom. The summed E-state index contributed by atoms with van der Waals surface area (Å²) in [7, 11) is 1.35. The predicted octanol–water partition coefficient (Wildman–Crippen LogP) is 2.83. The van der Waals surface area contributed by atoms with Crippen molar-refractivity contribution in [2.75, 3.05) is 7.11 Å². The first-order valence-corrected chi connectivity index (χ1v) is 6.31. The zero-order valence-corrected chi connectivity index (χ0v) is 11.8. The third kappa shape index (κ3) is 3.22. The number of methoxy groups -OCH3 is 1. The van der Waals surface area contributed by atoms with Crippen molar-refractivity contribution in [1.29, 1.82) is 0 Å². The van der Waals surface area contributed by atoms with Crippen molar-refractivity contribution in [3.8, 4) is 5.75 Å². The van der Waals surface area contributed by atoms with Crippen LogP contribution in [0, 0.1) is 15.9 Å². The molecule has 1 heterocycles. The molecule has 0 saturated carbocycles. The van der Waals surface area contributed by atoms with Gasteiger partial charge in [-0.2, -0.15) is 0 Å². The lowest BCUT2D eigenvalue weighted by Gasteiger charge is -2.14. The Morgan fingerprint density at radius 2 is 2.14 bits per heavy atom. The quantitative estimate of drug-likeness (QED) is 0.677. The van der Waals surface area contributed by atoms with Crippen molar-refractivity contribution >= 4 is 11.8 Å². The van der Waals surface area contributed by atoms with Gasteiger partial charge in [0.25, 0.3) is 5.91 Å². The fourth-order valence-electron chi connectivity index (χ4n) is 1.85. The number of ether oxygens (including phenoxy) is 1. The maximum absolute atomic E-state index is 13.6. The first kappa shape index (κ1) is 15.5. The molecule has 0 spiro atoms. The Hall–Kier alpha value is -2.90. The Labute approximate surface area is 124 Å². The van der Waals surface area contributed by atoms with Gasteiger partial charge < -0.3 is 14.5 Å². The molecule has 0 bridgehead atoms. The van der Waals surface area contributed by atoms with Crippen molar-refractivity contribution in [2.45, 2.75) is 13.0 Å². The number of nitrogens with zero attached hydrogens (tertiary/aromatic N) is 1. The zero-order chi connectivity index (χ0) is 16.3. The fraction of sp³-hybridized carbons (Fsp3) is 0.214. The number of carbonyl (C=O) groups is 1. The van der Waals surface area contributed by atoms with E-state index in [0.717, 1.165) is 6.07 Å². The number of furan rings is 1. The minimum atomic E-state index is -0.737. The largest absolute Gasteiger partial charge is 0.494 e. The molecule has 0 fully saturated rings. The summed E-state index contributed by atoms with van der Waals surface area (Å²) in [4.78, 5) is 21.7. The Morgan fingerprint density at radius 3 is 2.68 bits per heavy atom. The summed E-state index contributed by atoms with van der Waals surface area (Å²) in [6, 6.07) is 6.08. The highest BCUT2D eigenvalue weighted by molar-refractivity contribution is 5.91. The van der Waals surface area contributed by atoms with Gasteiger partial charge in [0.05, 0.1) is 19.2 Å². The number of halogens is 1. The van der Waals surface area contributed by atoms with Gasteiger partial charge in [-0.05, 0) is 30.7 Å². The van der Waals surface area contributed by atoms with E-state index in [1.165, 1.54) is 25.3 Å². The van der Waals surface area contributed by atoms with Crippen LogP contribution >= 0.6 is 0 Å². The highest BCUT2D eigenvalue weighted by Gasteiger charge is 2.19. The molecule has 0 aliphatic rings. The molecular weight excluding hydrogens is 295 g/mol. The number of hydrogen-bond donors (Lipinski definition) is 1. The van der Waals surface area contributed by atoms with Gasteiger partial charge in [-0.1, -0.05) is 6.07 Å². The second-order valence-electron chi connectivity index (χ2n) is 4.48. The SMILES string of the molecule is COc1ccc([C@@H](C)NC(=O)c2ccc([N+](=O)[O-])o2)cc1F. The molecular formula is C14H13FN2O5. The third-order valence-corrected chi connectivity index (χ3v) is 3.02. The lowest BCUT2D eigenvalue weighted by Crippen LogP contribution is -2.26. The summed E-state index contributed by atoms with van der Waals surface area (Å²) in [5.74, 6) is -1.78. The highest BCUT2D eigenvalue weighted by atomic mass is 19.1. The molecule has 1 aromatic carbocycles. The molecule has 0 aliphatic heterocycles. The molecule has 1 aromatic heterocycles. The molecule has 2 rings (SSSR count). The summed E-state index contributed by atoms with van der Waals surface area (Å²) in [6.07, 6.45) is 0. The van der Waals surface area contributed by atoms with E-state index in [4.69, 9.17) is 9.15 Å². The molecule has 2 aromatic rings. The van der Waals surface area contributed by atoms with Gasteiger partial charge in [0, 0.05) is 0 Å². The molecule has 0 radical (unpaired) electrons. The zero-order valence-electron chi connectivity index (χ0n) is 11.8. The van der Waals surface area contributed by atoms with Crippen LogP contribution in [0.15, 0.2) is 34.7 Å². The van der Waals surface area contributed by atoms with E-state index in [2.05, 4.69) is 5.32 Å². The van der Waals surface area contributed by atoms with Gasteiger partial charge in [-0.15, -0.1) is 0 Å². The second kappa shape index (κ2) is 6.25. The maximum atomic E-state index is 13.6. The number of rotatable bonds is 5. The van der Waals surface area contributed by atoms with Crippen LogP contribution in [0.25, 0.3) is 0 Å². The normalized spacial score (nSPS) is 11.8. The van der Waals surface area contributed by atoms with Gasteiger partial charge in [0.15, 0.2) is 17.3 Å². The number of amides is 1. The van der Waals surface area contributed by atoms with Crippen molar-refractivity contribution in [1.82, 2.24) is 5.32 Å². The molecule has 8 heteroatoms. The summed E-state index contributed by atoms with van der Waals surface area (Å²) < 4.78 is 23.2. The van der Waals surface area contributed by atoms with Crippen molar-refractivity contribution in [3.63, 3.8) is 0 Å². The summed E-state index contributed by atoms with van der Waals surface area (Å²) in [6.45, 7) is 1.65. The molecule has 0 aliphatic carbocycles. The molecule has 0 unspecified atom stereocenters. The maximum Gasteiger partial charge on any atom is 0.433 e. The number of carbonyl (C=O) groups excluding carboxylic acids is 1. The number of benzene rings is 1. The molecule has 0 saturated heterocycles. The molecule has 1 atom stereocenters.